The average molecular weight is 516 g/mol. The van der Waals surface area contributed by atoms with E-state index in [1.807, 2.05) is 0 Å². The van der Waals surface area contributed by atoms with Gasteiger partial charge >= 0.3 is 186 Å². The molecule has 1 saturated carbocycles. The predicted octanol–water partition coefficient (Wildman–Crippen LogP) is -2.25. The number of halogens is 3. The van der Waals surface area contributed by atoms with Gasteiger partial charge in [-0.15, -0.1) is 0 Å². The molecular formula is C28H25Cl3Ti. The number of allylic oxidation sites excluding steroid dienone is 4. The fourth-order valence-electron chi connectivity index (χ4n) is 5.77. The SMILES string of the molecule is [Cl-].[Cl-].[Cl-].[Ti+3][CH]1CC2C=CC=CC2C1C(c1ccccc1)(c1ccccc1)c1ccccc1. The number of hydrogen-bond donors (Lipinski definition) is 0. The normalized spacial score (nSPS) is 23.3. The molecule has 0 bridgehead atoms. The molecule has 5 rings (SSSR count). The Balaban J connectivity index is 0.00000121. The van der Waals surface area contributed by atoms with Crippen molar-refractivity contribution in [3.63, 3.8) is 0 Å². The third-order valence-electron chi connectivity index (χ3n) is 6.86. The molecule has 3 aromatic carbocycles. The summed E-state index contributed by atoms with van der Waals surface area (Å²) in [6.45, 7) is 0. The van der Waals surface area contributed by atoms with Crippen molar-refractivity contribution in [2.45, 2.75) is 16.1 Å². The molecule has 0 heterocycles. The van der Waals surface area contributed by atoms with Gasteiger partial charge < -0.3 is 37.2 Å². The molecule has 2 aliphatic rings. The average Bonchev–Trinajstić information content (AvgIpc) is 3.13. The van der Waals surface area contributed by atoms with E-state index in [2.05, 4.69) is 136 Å². The Labute approximate surface area is 222 Å². The van der Waals surface area contributed by atoms with E-state index in [1.54, 1.807) is 0 Å². The van der Waals surface area contributed by atoms with Gasteiger partial charge in [0.05, 0.1) is 0 Å². The molecule has 32 heavy (non-hydrogen) atoms. The summed E-state index contributed by atoms with van der Waals surface area (Å²) in [4.78, 5) is 0. The number of hydrogen-bond acceptors (Lipinski definition) is 0. The molecule has 0 aromatic heterocycles. The summed E-state index contributed by atoms with van der Waals surface area (Å²) >= 11 is 2.47. The molecular weight excluding hydrogens is 491 g/mol. The van der Waals surface area contributed by atoms with Gasteiger partial charge in [0.1, 0.15) is 0 Å². The van der Waals surface area contributed by atoms with Crippen molar-refractivity contribution in [1.82, 2.24) is 0 Å². The topological polar surface area (TPSA) is 0 Å². The van der Waals surface area contributed by atoms with Crippen LogP contribution < -0.4 is 37.2 Å². The summed E-state index contributed by atoms with van der Waals surface area (Å²) in [6.07, 6.45) is 10.7. The quantitative estimate of drug-likeness (QED) is 0.272. The van der Waals surface area contributed by atoms with Crippen LogP contribution in [0.2, 0.25) is 4.22 Å². The van der Waals surface area contributed by atoms with Crippen LogP contribution in [0.3, 0.4) is 0 Å². The van der Waals surface area contributed by atoms with E-state index in [9.17, 15) is 0 Å². The number of benzene rings is 3. The molecule has 1 fully saturated rings. The zero-order valence-corrected chi connectivity index (χ0v) is 21.4. The van der Waals surface area contributed by atoms with Gasteiger partial charge in [-0.2, -0.15) is 0 Å². The van der Waals surface area contributed by atoms with Crippen LogP contribution in [0.5, 0.6) is 0 Å². The molecule has 0 aliphatic heterocycles. The Hall–Kier alpha value is -1.28. The van der Waals surface area contributed by atoms with E-state index < -0.39 is 0 Å². The predicted molar refractivity (Wildman–Crippen MR) is 116 cm³/mol. The van der Waals surface area contributed by atoms with E-state index in [1.165, 1.54) is 23.1 Å². The number of rotatable bonds is 4. The zero-order valence-electron chi connectivity index (χ0n) is 17.6. The Morgan fingerprint density at radius 1 is 0.594 bits per heavy atom. The summed E-state index contributed by atoms with van der Waals surface area (Å²) in [6, 6.07) is 33.6. The monoisotopic (exact) mass is 514 g/mol. The Bertz CT molecular complexity index is 922. The van der Waals surface area contributed by atoms with E-state index >= 15 is 0 Å². The van der Waals surface area contributed by atoms with Gasteiger partial charge in [0.2, 0.25) is 0 Å². The van der Waals surface area contributed by atoms with Crippen molar-refractivity contribution in [3.8, 4) is 0 Å². The fourth-order valence-corrected chi connectivity index (χ4v) is 6.93. The molecule has 4 atom stereocenters. The molecule has 0 N–H and O–H groups in total. The molecule has 2 aliphatic carbocycles. The van der Waals surface area contributed by atoms with Crippen molar-refractivity contribution in [2.75, 3.05) is 0 Å². The van der Waals surface area contributed by atoms with E-state index in [-0.39, 0.29) is 42.6 Å². The summed E-state index contributed by atoms with van der Waals surface area (Å²) in [7, 11) is 0. The molecule has 4 unspecified atom stereocenters. The first kappa shape index (κ1) is 27.0. The molecule has 3 aromatic rings. The molecule has 162 valence electrons. The molecule has 0 spiro atoms. The van der Waals surface area contributed by atoms with Crippen molar-refractivity contribution >= 4 is 0 Å². The molecule has 0 saturated heterocycles. The van der Waals surface area contributed by atoms with Crippen LogP contribution in [0.4, 0.5) is 0 Å². The van der Waals surface area contributed by atoms with Gasteiger partial charge in [0.15, 0.2) is 0 Å². The molecule has 4 heteroatoms. The molecule has 0 radical (unpaired) electrons. The van der Waals surface area contributed by atoms with E-state index in [4.69, 9.17) is 0 Å². The second kappa shape index (κ2) is 11.7. The summed E-state index contributed by atoms with van der Waals surface area (Å²) in [5, 5.41) is 0. The summed E-state index contributed by atoms with van der Waals surface area (Å²) in [5.74, 6) is 1.69. The Kier molecular flexibility index (Phi) is 9.89. The summed E-state index contributed by atoms with van der Waals surface area (Å²) in [5.41, 5.74) is 4.03. The van der Waals surface area contributed by atoms with Gasteiger partial charge in [-0.1, -0.05) is 0 Å². The van der Waals surface area contributed by atoms with Gasteiger partial charge in [-0.3, -0.25) is 0 Å². The van der Waals surface area contributed by atoms with Gasteiger partial charge in [-0.25, -0.2) is 0 Å². The van der Waals surface area contributed by atoms with Crippen LogP contribution in [0.25, 0.3) is 0 Å². The minimum atomic E-state index is -0.169. The number of fused-ring (bicyclic) bond motifs is 1. The first-order chi connectivity index (χ1) is 14.3. The Morgan fingerprint density at radius 3 is 1.44 bits per heavy atom. The van der Waals surface area contributed by atoms with Crippen molar-refractivity contribution in [1.29, 1.82) is 0 Å². The van der Waals surface area contributed by atoms with Crippen LogP contribution >= 0.6 is 0 Å². The van der Waals surface area contributed by atoms with Gasteiger partial charge in [-0.05, 0) is 0 Å². The fraction of sp³-hybridized carbons (Fsp3) is 0.214. The first-order valence-electron chi connectivity index (χ1n) is 10.5. The zero-order chi connectivity index (χ0) is 19.7. The van der Waals surface area contributed by atoms with Crippen molar-refractivity contribution in [2.24, 2.45) is 17.8 Å². The van der Waals surface area contributed by atoms with Crippen LogP contribution in [-0.4, -0.2) is 0 Å². The second-order valence-electron chi connectivity index (χ2n) is 8.29. The van der Waals surface area contributed by atoms with E-state index in [0.717, 1.165) is 0 Å². The van der Waals surface area contributed by atoms with Crippen LogP contribution in [0, 0.1) is 17.8 Å². The third kappa shape index (κ3) is 4.54. The Morgan fingerprint density at radius 2 is 1.00 bits per heavy atom. The minimum absolute atomic E-state index is 0. The maximum atomic E-state index is 2.47. The van der Waals surface area contributed by atoms with Crippen LogP contribution in [0.15, 0.2) is 115 Å². The third-order valence-corrected chi connectivity index (χ3v) is 7.79. The standard InChI is InChI=1S/C28H25.3ClH.Ti/c1-4-13-23(14-5-1)28(24-15-6-2-7-16-24,25-17-8-3-9-18-25)27-21-20-22-12-10-11-19-26(22)27;;;;/h1-19,21-22,26-27H,20H2;3*1H;/q;;;;+3/p-3. The summed E-state index contributed by atoms with van der Waals surface area (Å²) < 4.78 is 0.623. The molecule has 0 amide bonds. The van der Waals surface area contributed by atoms with Crippen LogP contribution in [0.1, 0.15) is 23.1 Å². The molecule has 0 nitrogen and oxygen atoms in total. The van der Waals surface area contributed by atoms with Gasteiger partial charge in [0, 0.05) is 0 Å². The van der Waals surface area contributed by atoms with Gasteiger partial charge in [0.25, 0.3) is 0 Å². The van der Waals surface area contributed by atoms with Crippen molar-refractivity contribution in [3.05, 3.63) is 132 Å². The van der Waals surface area contributed by atoms with Crippen molar-refractivity contribution < 1.29 is 57.7 Å². The second-order valence-corrected chi connectivity index (χ2v) is 9.44. The van der Waals surface area contributed by atoms with Crippen LogP contribution in [-0.2, 0) is 25.9 Å². The van der Waals surface area contributed by atoms with E-state index in [0.29, 0.717) is 22.0 Å². The maximum absolute atomic E-state index is 2.47. The first-order valence-corrected chi connectivity index (χ1v) is 11.4.